The van der Waals surface area contributed by atoms with E-state index in [2.05, 4.69) is 4.98 Å². The van der Waals surface area contributed by atoms with Crippen LogP contribution in [0.15, 0.2) is 36.4 Å². The Morgan fingerprint density at radius 1 is 1.19 bits per heavy atom. The third kappa shape index (κ3) is 2.45. The zero-order chi connectivity index (χ0) is 11.4. The van der Waals surface area contributed by atoms with Gasteiger partial charge in [0.25, 0.3) is 0 Å². The first kappa shape index (κ1) is 10.8. The fourth-order valence-corrected chi connectivity index (χ4v) is 1.78. The Hall–Kier alpha value is -1.70. The lowest BCUT2D eigenvalue weighted by atomic mass is 10.1. The van der Waals surface area contributed by atoms with Gasteiger partial charge in [0.15, 0.2) is 0 Å². The van der Waals surface area contributed by atoms with Crippen LogP contribution < -0.4 is 0 Å². The van der Waals surface area contributed by atoms with Gasteiger partial charge in [-0.2, -0.15) is 0 Å². The Kier molecular flexibility index (Phi) is 3.30. The molecule has 1 aromatic heterocycles. The molecular formula is C14H15NO. The van der Waals surface area contributed by atoms with E-state index in [0.717, 1.165) is 23.0 Å². The fraction of sp³-hybridized carbons (Fsp3) is 0.286. The summed E-state index contributed by atoms with van der Waals surface area (Å²) in [6, 6.07) is 11.9. The van der Waals surface area contributed by atoms with Crippen molar-refractivity contribution < 1.29 is 4.79 Å². The average molecular weight is 213 g/mol. The van der Waals surface area contributed by atoms with Gasteiger partial charge in [0.2, 0.25) is 0 Å². The summed E-state index contributed by atoms with van der Waals surface area (Å²) in [5.74, 6) is 0.269. The van der Waals surface area contributed by atoms with E-state index in [4.69, 9.17) is 0 Å². The number of hydrogen-bond donors (Lipinski definition) is 0. The van der Waals surface area contributed by atoms with Crippen molar-refractivity contribution in [2.45, 2.75) is 26.2 Å². The Balaban J connectivity index is 2.22. The van der Waals surface area contributed by atoms with Crippen molar-refractivity contribution in [1.29, 1.82) is 0 Å². The van der Waals surface area contributed by atoms with E-state index in [1.807, 2.05) is 43.3 Å². The van der Waals surface area contributed by atoms with E-state index in [9.17, 15) is 4.79 Å². The molecule has 2 rings (SSSR count). The van der Waals surface area contributed by atoms with Gasteiger partial charge in [-0.1, -0.05) is 31.2 Å². The van der Waals surface area contributed by atoms with E-state index in [0.29, 0.717) is 12.8 Å². The molecule has 0 atom stereocenters. The molecule has 0 unspecified atom stereocenters. The lowest BCUT2D eigenvalue weighted by Crippen LogP contribution is -2.03. The molecule has 2 aromatic rings. The van der Waals surface area contributed by atoms with E-state index in [-0.39, 0.29) is 5.78 Å². The molecule has 0 spiro atoms. The van der Waals surface area contributed by atoms with Crippen molar-refractivity contribution >= 4 is 16.7 Å². The molecule has 0 amide bonds. The topological polar surface area (TPSA) is 30.0 Å². The molecule has 2 heteroatoms. The fourth-order valence-electron chi connectivity index (χ4n) is 1.78. The second kappa shape index (κ2) is 4.88. The summed E-state index contributed by atoms with van der Waals surface area (Å²) in [5, 5.41) is 1.12. The highest BCUT2D eigenvalue weighted by Gasteiger charge is 2.04. The highest BCUT2D eigenvalue weighted by atomic mass is 16.1. The van der Waals surface area contributed by atoms with Crippen molar-refractivity contribution in [3.05, 3.63) is 42.1 Å². The molecule has 16 heavy (non-hydrogen) atoms. The summed E-state index contributed by atoms with van der Waals surface area (Å²) in [5.41, 5.74) is 1.83. The summed E-state index contributed by atoms with van der Waals surface area (Å²) in [6.45, 7) is 2.02. The van der Waals surface area contributed by atoms with Gasteiger partial charge in [0.1, 0.15) is 5.78 Å². The number of pyridine rings is 1. The average Bonchev–Trinajstić information content (AvgIpc) is 2.29. The third-order valence-corrected chi connectivity index (χ3v) is 2.56. The smallest absolute Gasteiger partial charge is 0.138 e. The Bertz CT molecular complexity index is 505. The van der Waals surface area contributed by atoms with Gasteiger partial charge in [0.05, 0.1) is 5.52 Å². The number of rotatable bonds is 4. The number of para-hydroxylation sites is 1. The van der Waals surface area contributed by atoms with Crippen LogP contribution in [0, 0.1) is 0 Å². The largest absolute Gasteiger partial charge is 0.299 e. The van der Waals surface area contributed by atoms with Crippen molar-refractivity contribution in [1.82, 2.24) is 4.98 Å². The van der Waals surface area contributed by atoms with Gasteiger partial charge >= 0.3 is 0 Å². The summed E-state index contributed by atoms with van der Waals surface area (Å²) in [4.78, 5) is 16.0. The van der Waals surface area contributed by atoms with Crippen LogP contribution in [-0.4, -0.2) is 10.8 Å². The zero-order valence-electron chi connectivity index (χ0n) is 9.44. The highest BCUT2D eigenvalue weighted by molar-refractivity contribution is 5.82. The summed E-state index contributed by atoms with van der Waals surface area (Å²) < 4.78 is 0. The minimum absolute atomic E-state index is 0.269. The summed E-state index contributed by atoms with van der Waals surface area (Å²) in [7, 11) is 0. The SMILES string of the molecule is CCCC(=O)Cc1ccc2ccccc2n1. The molecule has 0 N–H and O–H groups in total. The van der Waals surface area contributed by atoms with Crippen molar-refractivity contribution in [2.75, 3.05) is 0 Å². The second-order valence-electron chi connectivity index (χ2n) is 3.96. The first-order valence-electron chi connectivity index (χ1n) is 5.66. The van der Waals surface area contributed by atoms with Crippen LogP contribution >= 0.6 is 0 Å². The summed E-state index contributed by atoms with van der Waals surface area (Å²) >= 11 is 0. The molecule has 2 nitrogen and oxygen atoms in total. The number of carbonyl (C=O) groups excluding carboxylic acids is 1. The maximum Gasteiger partial charge on any atom is 0.138 e. The van der Waals surface area contributed by atoms with Gasteiger partial charge in [0, 0.05) is 23.9 Å². The van der Waals surface area contributed by atoms with Crippen LogP contribution in [0.25, 0.3) is 10.9 Å². The minimum Gasteiger partial charge on any atom is -0.299 e. The molecular weight excluding hydrogens is 198 g/mol. The maximum atomic E-state index is 11.5. The second-order valence-corrected chi connectivity index (χ2v) is 3.96. The number of benzene rings is 1. The molecule has 1 heterocycles. The van der Waals surface area contributed by atoms with Gasteiger partial charge in [-0.05, 0) is 18.6 Å². The number of carbonyl (C=O) groups is 1. The van der Waals surface area contributed by atoms with E-state index in [1.165, 1.54) is 0 Å². The quantitative estimate of drug-likeness (QED) is 0.781. The number of Topliss-reactive ketones (excluding diaryl/α,β-unsaturated/α-hetero) is 1. The minimum atomic E-state index is 0.269. The number of hydrogen-bond acceptors (Lipinski definition) is 2. The van der Waals surface area contributed by atoms with Crippen molar-refractivity contribution in [3.63, 3.8) is 0 Å². The Labute approximate surface area is 95.3 Å². The zero-order valence-corrected chi connectivity index (χ0v) is 9.44. The molecule has 82 valence electrons. The van der Waals surface area contributed by atoms with Crippen LogP contribution in [0.2, 0.25) is 0 Å². The number of aromatic nitrogens is 1. The highest BCUT2D eigenvalue weighted by Crippen LogP contribution is 2.12. The molecule has 0 aliphatic heterocycles. The molecule has 0 saturated heterocycles. The predicted molar refractivity (Wildman–Crippen MR) is 65.4 cm³/mol. The standard InChI is InChI=1S/C14H15NO/c1-2-5-13(16)10-12-9-8-11-6-3-4-7-14(11)15-12/h3-4,6-9H,2,5,10H2,1H3. The maximum absolute atomic E-state index is 11.5. The monoisotopic (exact) mass is 213 g/mol. The lowest BCUT2D eigenvalue weighted by molar-refractivity contribution is -0.118. The molecule has 0 saturated carbocycles. The van der Waals surface area contributed by atoms with E-state index >= 15 is 0 Å². The van der Waals surface area contributed by atoms with Gasteiger partial charge in [-0.3, -0.25) is 9.78 Å². The molecule has 0 aliphatic rings. The van der Waals surface area contributed by atoms with Gasteiger partial charge in [-0.15, -0.1) is 0 Å². The van der Waals surface area contributed by atoms with E-state index in [1.54, 1.807) is 0 Å². The molecule has 1 aromatic carbocycles. The first-order chi connectivity index (χ1) is 7.79. The van der Waals surface area contributed by atoms with Crippen LogP contribution in [0.4, 0.5) is 0 Å². The van der Waals surface area contributed by atoms with Gasteiger partial charge < -0.3 is 0 Å². The number of ketones is 1. The van der Waals surface area contributed by atoms with Crippen LogP contribution in [0.1, 0.15) is 25.5 Å². The Morgan fingerprint density at radius 3 is 2.81 bits per heavy atom. The van der Waals surface area contributed by atoms with Gasteiger partial charge in [-0.25, -0.2) is 0 Å². The third-order valence-electron chi connectivity index (χ3n) is 2.56. The lowest BCUT2D eigenvalue weighted by Gasteiger charge is -2.01. The van der Waals surface area contributed by atoms with Crippen LogP contribution in [0.3, 0.4) is 0 Å². The van der Waals surface area contributed by atoms with Crippen LogP contribution in [-0.2, 0) is 11.2 Å². The number of fused-ring (bicyclic) bond motifs is 1. The molecule has 0 bridgehead atoms. The molecule has 0 aliphatic carbocycles. The van der Waals surface area contributed by atoms with Crippen molar-refractivity contribution in [2.24, 2.45) is 0 Å². The van der Waals surface area contributed by atoms with E-state index < -0.39 is 0 Å². The Morgan fingerprint density at radius 2 is 2.00 bits per heavy atom. The number of nitrogens with zero attached hydrogens (tertiary/aromatic N) is 1. The van der Waals surface area contributed by atoms with Crippen molar-refractivity contribution in [3.8, 4) is 0 Å². The normalized spacial score (nSPS) is 10.6. The molecule has 0 fully saturated rings. The predicted octanol–water partition coefficient (Wildman–Crippen LogP) is 3.15. The first-order valence-corrected chi connectivity index (χ1v) is 5.66. The summed E-state index contributed by atoms with van der Waals surface area (Å²) in [6.07, 6.45) is 2.01. The molecule has 0 radical (unpaired) electrons. The van der Waals surface area contributed by atoms with Crippen LogP contribution in [0.5, 0.6) is 0 Å².